The zero-order valence-corrected chi connectivity index (χ0v) is 10.1. The van der Waals surface area contributed by atoms with E-state index in [1.807, 2.05) is 0 Å². The van der Waals surface area contributed by atoms with E-state index in [2.05, 4.69) is 29.8 Å². The molecule has 1 fully saturated rings. The normalized spacial score (nSPS) is 19.3. The lowest BCUT2D eigenvalue weighted by molar-refractivity contribution is 0.202. The van der Waals surface area contributed by atoms with E-state index in [0.717, 1.165) is 13.0 Å². The van der Waals surface area contributed by atoms with Crippen LogP contribution in [-0.4, -0.2) is 49.1 Å². The molecule has 0 saturated carbocycles. The van der Waals surface area contributed by atoms with Gasteiger partial charge in [0.05, 0.1) is 12.5 Å². The lowest BCUT2D eigenvalue weighted by Crippen LogP contribution is -2.37. The van der Waals surface area contributed by atoms with Gasteiger partial charge in [0, 0.05) is 19.1 Å². The van der Waals surface area contributed by atoms with Gasteiger partial charge in [0.2, 0.25) is 0 Å². The van der Waals surface area contributed by atoms with E-state index < -0.39 is 0 Å². The third-order valence-corrected chi connectivity index (χ3v) is 3.39. The Bertz CT molecular complexity index is 203. The van der Waals surface area contributed by atoms with Gasteiger partial charge in [0.25, 0.3) is 0 Å². The molecule has 0 spiro atoms. The summed E-state index contributed by atoms with van der Waals surface area (Å²) in [6, 6.07) is 2.71. The van der Waals surface area contributed by atoms with Crippen molar-refractivity contribution in [3.63, 3.8) is 0 Å². The Morgan fingerprint density at radius 2 is 2.07 bits per heavy atom. The summed E-state index contributed by atoms with van der Waals surface area (Å²) in [5.74, 6) is 0. The average Bonchev–Trinajstić information content (AvgIpc) is 2.75. The van der Waals surface area contributed by atoms with Crippen LogP contribution in [0.25, 0.3) is 0 Å². The minimum absolute atomic E-state index is 0.442. The van der Waals surface area contributed by atoms with E-state index in [1.165, 1.54) is 32.5 Å². The van der Waals surface area contributed by atoms with Gasteiger partial charge < -0.3 is 9.80 Å². The summed E-state index contributed by atoms with van der Waals surface area (Å²) in [6.45, 7) is 6.96. The van der Waals surface area contributed by atoms with Crippen LogP contribution in [0.4, 0.5) is 0 Å². The molecular weight excluding hydrogens is 186 g/mol. The molecular formula is C12H23N3. The second-order valence-corrected chi connectivity index (χ2v) is 4.45. The Morgan fingerprint density at radius 3 is 2.60 bits per heavy atom. The predicted molar refractivity (Wildman–Crippen MR) is 62.6 cm³/mol. The van der Waals surface area contributed by atoms with Gasteiger partial charge in [-0.3, -0.25) is 0 Å². The molecule has 0 radical (unpaired) electrons. The van der Waals surface area contributed by atoms with Crippen molar-refractivity contribution in [2.24, 2.45) is 0 Å². The zero-order valence-electron chi connectivity index (χ0n) is 10.1. The summed E-state index contributed by atoms with van der Waals surface area (Å²) in [4.78, 5) is 4.86. The van der Waals surface area contributed by atoms with Gasteiger partial charge in [-0.05, 0) is 39.4 Å². The fourth-order valence-electron chi connectivity index (χ4n) is 2.21. The molecule has 1 aliphatic heterocycles. The van der Waals surface area contributed by atoms with E-state index in [1.54, 1.807) is 0 Å². The van der Waals surface area contributed by atoms with Gasteiger partial charge in [0.1, 0.15) is 0 Å². The van der Waals surface area contributed by atoms with E-state index in [-0.39, 0.29) is 0 Å². The fraction of sp³-hybridized carbons (Fsp3) is 0.917. The number of hydrogen-bond acceptors (Lipinski definition) is 3. The molecule has 1 aliphatic rings. The lowest BCUT2D eigenvalue weighted by Gasteiger charge is -2.27. The third-order valence-electron chi connectivity index (χ3n) is 3.39. The summed E-state index contributed by atoms with van der Waals surface area (Å²) in [5, 5.41) is 8.71. The van der Waals surface area contributed by atoms with E-state index >= 15 is 0 Å². The Kier molecular flexibility index (Phi) is 5.67. The molecule has 1 heterocycles. The van der Waals surface area contributed by atoms with Gasteiger partial charge in [0.15, 0.2) is 0 Å². The lowest BCUT2D eigenvalue weighted by atomic mass is 10.1. The molecule has 1 atom stereocenters. The van der Waals surface area contributed by atoms with Crippen LogP contribution in [0, 0.1) is 11.3 Å². The van der Waals surface area contributed by atoms with Crippen molar-refractivity contribution >= 4 is 0 Å². The maximum absolute atomic E-state index is 8.71. The summed E-state index contributed by atoms with van der Waals surface area (Å²) in [6.07, 6.45) is 4.45. The molecule has 0 aliphatic carbocycles. The minimum atomic E-state index is 0.442. The van der Waals surface area contributed by atoms with Gasteiger partial charge in [-0.2, -0.15) is 5.26 Å². The molecule has 1 saturated heterocycles. The number of nitrogens with zero attached hydrogens (tertiary/aromatic N) is 3. The monoisotopic (exact) mass is 209 g/mol. The summed E-state index contributed by atoms with van der Waals surface area (Å²) >= 11 is 0. The maximum atomic E-state index is 8.71. The first kappa shape index (κ1) is 12.5. The first-order chi connectivity index (χ1) is 7.27. The van der Waals surface area contributed by atoms with Crippen molar-refractivity contribution in [1.29, 1.82) is 5.26 Å². The molecule has 86 valence electrons. The van der Waals surface area contributed by atoms with Crippen LogP contribution in [0.1, 0.15) is 32.6 Å². The molecule has 0 amide bonds. The second-order valence-electron chi connectivity index (χ2n) is 4.45. The van der Waals surface area contributed by atoms with E-state index in [0.29, 0.717) is 12.5 Å². The Balaban J connectivity index is 2.20. The molecule has 3 heteroatoms. The van der Waals surface area contributed by atoms with Crippen molar-refractivity contribution < 1.29 is 0 Å². The molecule has 1 rings (SSSR count). The standard InChI is InChI=1S/C12H23N3/c1-3-12(6-7-13)14(2)10-11-15-8-4-5-9-15/h12H,3-6,8-11H2,1-2H3. The summed E-state index contributed by atoms with van der Waals surface area (Å²) in [5.41, 5.74) is 0. The van der Waals surface area contributed by atoms with Crippen LogP contribution in [0.3, 0.4) is 0 Å². The SMILES string of the molecule is CCC(CC#N)N(C)CCN1CCCC1. The zero-order chi connectivity index (χ0) is 11.1. The number of nitriles is 1. The van der Waals surface area contributed by atoms with Gasteiger partial charge in [-0.1, -0.05) is 6.92 Å². The number of rotatable bonds is 6. The van der Waals surface area contributed by atoms with Crippen LogP contribution in [0.15, 0.2) is 0 Å². The molecule has 0 bridgehead atoms. The average molecular weight is 209 g/mol. The van der Waals surface area contributed by atoms with Gasteiger partial charge >= 0.3 is 0 Å². The van der Waals surface area contributed by atoms with Crippen molar-refractivity contribution in [1.82, 2.24) is 9.80 Å². The summed E-state index contributed by atoms with van der Waals surface area (Å²) in [7, 11) is 2.14. The van der Waals surface area contributed by atoms with Crippen molar-refractivity contribution in [2.75, 3.05) is 33.2 Å². The quantitative estimate of drug-likeness (QED) is 0.667. The maximum Gasteiger partial charge on any atom is 0.0638 e. The number of likely N-dealkylation sites (tertiary alicyclic amines) is 1. The molecule has 15 heavy (non-hydrogen) atoms. The molecule has 0 aromatic carbocycles. The molecule has 0 aromatic heterocycles. The van der Waals surface area contributed by atoms with Crippen molar-refractivity contribution in [2.45, 2.75) is 38.6 Å². The molecule has 1 unspecified atom stereocenters. The molecule has 0 N–H and O–H groups in total. The first-order valence-corrected chi connectivity index (χ1v) is 6.07. The third kappa shape index (κ3) is 4.19. The van der Waals surface area contributed by atoms with E-state index in [9.17, 15) is 0 Å². The van der Waals surface area contributed by atoms with Crippen LogP contribution in [0.5, 0.6) is 0 Å². The predicted octanol–water partition coefficient (Wildman–Crippen LogP) is 1.71. The number of likely N-dealkylation sites (N-methyl/N-ethyl adjacent to an activating group) is 1. The first-order valence-electron chi connectivity index (χ1n) is 6.07. The van der Waals surface area contributed by atoms with Crippen LogP contribution in [0.2, 0.25) is 0 Å². The second kappa shape index (κ2) is 6.81. The molecule has 0 aromatic rings. The minimum Gasteiger partial charge on any atom is -0.302 e. The van der Waals surface area contributed by atoms with Gasteiger partial charge in [-0.25, -0.2) is 0 Å². The molecule has 3 nitrogen and oxygen atoms in total. The Hall–Kier alpha value is -0.590. The highest BCUT2D eigenvalue weighted by molar-refractivity contribution is 4.81. The smallest absolute Gasteiger partial charge is 0.0638 e. The number of hydrogen-bond donors (Lipinski definition) is 0. The van der Waals surface area contributed by atoms with Crippen LogP contribution < -0.4 is 0 Å². The largest absolute Gasteiger partial charge is 0.302 e. The topological polar surface area (TPSA) is 30.3 Å². The summed E-state index contributed by atoms with van der Waals surface area (Å²) < 4.78 is 0. The highest BCUT2D eigenvalue weighted by Gasteiger charge is 2.15. The van der Waals surface area contributed by atoms with E-state index in [4.69, 9.17) is 5.26 Å². The van der Waals surface area contributed by atoms with Crippen molar-refractivity contribution in [3.8, 4) is 6.07 Å². The highest BCUT2D eigenvalue weighted by Crippen LogP contribution is 2.09. The van der Waals surface area contributed by atoms with Crippen molar-refractivity contribution in [3.05, 3.63) is 0 Å². The van der Waals surface area contributed by atoms with Crippen LogP contribution in [-0.2, 0) is 0 Å². The Morgan fingerprint density at radius 1 is 1.40 bits per heavy atom. The van der Waals surface area contributed by atoms with Gasteiger partial charge in [-0.15, -0.1) is 0 Å². The fourth-order valence-corrected chi connectivity index (χ4v) is 2.21. The van der Waals surface area contributed by atoms with Crippen LogP contribution >= 0.6 is 0 Å². The highest BCUT2D eigenvalue weighted by atomic mass is 15.2. The Labute approximate surface area is 93.7 Å².